The van der Waals surface area contributed by atoms with Crippen LogP contribution in [0.3, 0.4) is 0 Å². The first-order valence-corrected chi connectivity index (χ1v) is 6.38. The average Bonchev–Trinajstić information content (AvgIpc) is 2.66. The van der Waals surface area contributed by atoms with Crippen LogP contribution in [0.2, 0.25) is 0 Å². The van der Waals surface area contributed by atoms with Crippen LogP contribution in [0.15, 0.2) is 36.4 Å². The van der Waals surface area contributed by atoms with E-state index in [-0.39, 0.29) is 0 Å². The molecule has 3 heteroatoms. The highest BCUT2D eigenvalue weighted by Gasteiger charge is 2.09. The highest BCUT2D eigenvalue weighted by Crippen LogP contribution is 2.20. The predicted octanol–water partition coefficient (Wildman–Crippen LogP) is 2.14. The molecule has 0 saturated heterocycles. The van der Waals surface area contributed by atoms with Gasteiger partial charge in [0.2, 0.25) is 0 Å². The second kappa shape index (κ2) is 5.85. The third-order valence-electron chi connectivity index (χ3n) is 3.19. The Morgan fingerprint density at radius 3 is 2.56 bits per heavy atom. The summed E-state index contributed by atoms with van der Waals surface area (Å²) in [6, 6.07) is 12.7. The largest absolute Gasteiger partial charge is 0.329 e. The van der Waals surface area contributed by atoms with Crippen molar-refractivity contribution in [2.75, 3.05) is 13.1 Å². The minimum absolute atomic E-state index is 0.678. The molecule has 1 aromatic carbocycles. The maximum atomic E-state index is 5.49. The van der Waals surface area contributed by atoms with Crippen molar-refractivity contribution in [3.8, 4) is 5.69 Å². The molecule has 0 bridgehead atoms. The summed E-state index contributed by atoms with van der Waals surface area (Å²) in [7, 11) is 0. The number of benzene rings is 1. The molecule has 0 fully saturated rings. The Hall–Kier alpha value is -1.58. The molecule has 0 spiro atoms. The minimum Gasteiger partial charge on any atom is -0.329 e. The Kier molecular flexibility index (Phi) is 4.18. The van der Waals surface area contributed by atoms with Crippen molar-refractivity contribution < 1.29 is 0 Å². The van der Waals surface area contributed by atoms with Gasteiger partial charge in [0.25, 0.3) is 0 Å². The molecule has 0 radical (unpaired) electrons. The van der Waals surface area contributed by atoms with Crippen LogP contribution in [0.5, 0.6) is 0 Å². The highest BCUT2D eigenvalue weighted by atomic mass is 15.0. The lowest BCUT2D eigenvalue weighted by Crippen LogP contribution is -2.22. The molecule has 3 nitrogen and oxygen atoms in total. The van der Waals surface area contributed by atoms with Crippen LogP contribution in [0.4, 0.5) is 0 Å². The lowest BCUT2D eigenvalue weighted by atomic mass is 10.2. The van der Waals surface area contributed by atoms with Crippen LogP contribution in [-0.4, -0.2) is 17.7 Å². The van der Waals surface area contributed by atoms with Gasteiger partial charge < -0.3 is 15.6 Å². The quantitative estimate of drug-likeness (QED) is 0.790. The first kappa shape index (κ1) is 12.9. The fraction of sp³-hybridized carbons (Fsp3) is 0.333. The summed E-state index contributed by atoms with van der Waals surface area (Å²) < 4.78 is 2.29. The fourth-order valence-corrected chi connectivity index (χ4v) is 2.31. The van der Waals surface area contributed by atoms with Crippen molar-refractivity contribution >= 4 is 0 Å². The number of hydrogen-bond acceptors (Lipinski definition) is 2. The van der Waals surface area contributed by atoms with Crippen LogP contribution in [0.1, 0.15) is 17.0 Å². The number of aromatic nitrogens is 1. The monoisotopic (exact) mass is 243 g/mol. The topological polar surface area (TPSA) is 43.0 Å². The minimum atomic E-state index is 0.678. The van der Waals surface area contributed by atoms with Crippen LogP contribution >= 0.6 is 0 Å². The van der Waals surface area contributed by atoms with Gasteiger partial charge in [-0.25, -0.2) is 0 Å². The zero-order valence-corrected chi connectivity index (χ0v) is 11.1. The molecule has 3 N–H and O–H groups in total. The predicted molar refractivity (Wildman–Crippen MR) is 76.0 cm³/mol. The first-order valence-electron chi connectivity index (χ1n) is 6.38. The van der Waals surface area contributed by atoms with Crippen LogP contribution in [0, 0.1) is 13.8 Å². The molecule has 0 amide bonds. The summed E-state index contributed by atoms with van der Waals surface area (Å²) in [6.07, 6.45) is 0. The van der Waals surface area contributed by atoms with Crippen molar-refractivity contribution in [2.24, 2.45) is 5.73 Å². The van der Waals surface area contributed by atoms with Gasteiger partial charge >= 0.3 is 0 Å². The number of rotatable bonds is 5. The van der Waals surface area contributed by atoms with Gasteiger partial charge in [-0.1, -0.05) is 18.2 Å². The Morgan fingerprint density at radius 1 is 1.17 bits per heavy atom. The van der Waals surface area contributed by atoms with E-state index in [1.54, 1.807) is 0 Å². The molecule has 0 aliphatic carbocycles. The van der Waals surface area contributed by atoms with E-state index in [2.05, 4.69) is 54.1 Å². The molecule has 1 heterocycles. The molecule has 0 saturated carbocycles. The van der Waals surface area contributed by atoms with Gasteiger partial charge in [-0.2, -0.15) is 0 Å². The van der Waals surface area contributed by atoms with E-state index in [0.29, 0.717) is 6.54 Å². The lowest BCUT2D eigenvalue weighted by Gasteiger charge is -2.10. The second-order valence-electron chi connectivity index (χ2n) is 4.53. The number of para-hydroxylation sites is 1. The van der Waals surface area contributed by atoms with E-state index in [1.807, 2.05) is 6.07 Å². The SMILES string of the molecule is Cc1cc(CNCCN)c(C)n1-c1ccccc1. The Bertz CT molecular complexity index is 500. The summed E-state index contributed by atoms with van der Waals surface area (Å²) >= 11 is 0. The zero-order valence-electron chi connectivity index (χ0n) is 11.1. The third-order valence-corrected chi connectivity index (χ3v) is 3.19. The summed E-state index contributed by atoms with van der Waals surface area (Å²) in [4.78, 5) is 0. The fourth-order valence-electron chi connectivity index (χ4n) is 2.31. The molecule has 0 atom stereocenters. The van der Waals surface area contributed by atoms with E-state index in [9.17, 15) is 0 Å². The molecule has 0 aliphatic rings. The molecule has 96 valence electrons. The molecule has 2 rings (SSSR count). The number of nitrogens with zero attached hydrogens (tertiary/aromatic N) is 1. The maximum absolute atomic E-state index is 5.49. The van der Waals surface area contributed by atoms with Crippen LogP contribution < -0.4 is 11.1 Å². The second-order valence-corrected chi connectivity index (χ2v) is 4.53. The Balaban J connectivity index is 2.27. The van der Waals surface area contributed by atoms with Gasteiger partial charge in [0.1, 0.15) is 0 Å². The van der Waals surface area contributed by atoms with E-state index < -0.39 is 0 Å². The van der Waals surface area contributed by atoms with E-state index in [1.165, 1.54) is 22.6 Å². The van der Waals surface area contributed by atoms with E-state index in [0.717, 1.165) is 13.1 Å². The Morgan fingerprint density at radius 2 is 1.89 bits per heavy atom. The molecule has 2 aromatic rings. The number of nitrogens with one attached hydrogen (secondary N) is 1. The van der Waals surface area contributed by atoms with Gasteiger partial charge in [-0.05, 0) is 37.6 Å². The van der Waals surface area contributed by atoms with Crippen LogP contribution in [-0.2, 0) is 6.54 Å². The zero-order chi connectivity index (χ0) is 13.0. The number of hydrogen-bond donors (Lipinski definition) is 2. The van der Waals surface area contributed by atoms with Crippen molar-refractivity contribution in [1.29, 1.82) is 0 Å². The van der Waals surface area contributed by atoms with Gasteiger partial charge in [0, 0.05) is 36.7 Å². The summed E-state index contributed by atoms with van der Waals surface area (Å²) in [5.74, 6) is 0. The summed E-state index contributed by atoms with van der Waals surface area (Å²) in [6.45, 7) is 6.72. The van der Waals surface area contributed by atoms with Crippen molar-refractivity contribution in [3.63, 3.8) is 0 Å². The van der Waals surface area contributed by atoms with E-state index >= 15 is 0 Å². The van der Waals surface area contributed by atoms with Crippen molar-refractivity contribution in [2.45, 2.75) is 20.4 Å². The molecule has 0 unspecified atom stereocenters. The molecule has 0 aliphatic heterocycles. The maximum Gasteiger partial charge on any atom is 0.0455 e. The molecule has 18 heavy (non-hydrogen) atoms. The normalized spacial score (nSPS) is 10.8. The van der Waals surface area contributed by atoms with Gasteiger partial charge in [-0.3, -0.25) is 0 Å². The molecule has 1 aromatic heterocycles. The summed E-state index contributed by atoms with van der Waals surface area (Å²) in [5, 5.41) is 3.35. The smallest absolute Gasteiger partial charge is 0.0455 e. The van der Waals surface area contributed by atoms with Gasteiger partial charge in [-0.15, -0.1) is 0 Å². The van der Waals surface area contributed by atoms with E-state index in [4.69, 9.17) is 5.73 Å². The van der Waals surface area contributed by atoms with Crippen molar-refractivity contribution in [1.82, 2.24) is 9.88 Å². The third kappa shape index (κ3) is 2.63. The molecular formula is C15H21N3. The number of nitrogens with two attached hydrogens (primary N) is 1. The van der Waals surface area contributed by atoms with Gasteiger partial charge in [0.05, 0.1) is 0 Å². The highest BCUT2D eigenvalue weighted by molar-refractivity contribution is 5.40. The lowest BCUT2D eigenvalue weighted by molar-refractivity contribution is 0.691. The standard InChI is InChI=1S/C15H21N3/c1-12-10-14(11-17-9-8-16)13(2)18(12)15-6-4-3-5-7-15/h3-7,10,17H,8-9,11,16H2,1-2H3. The summed E-state index contributed by atoms with van der Waals surface area (Å²) in [5.41, 5.74) is 10.6. The van der Waals surface area contributed by atoms with Crippen molar-refractivity contribution in [3.05, 3.63) is 53.3 Å². The van der Waals surface area contributed by atoms with Gasteiger partial charge in [0.15, 0.2) is 0 Å². The average molecular weight is 243 g/mol. The Labute approximate surface area is 109 Å². The number of aryl methyl sites for hydroxylation is 1. The first-order chi connectivity index (χ1) is 8.74. The van der Waals surface area contributed by atoms with Crippen LogP contribution in [0.25, 0.3) is 5.69 Å². The molecular weight excluding hydrogens is 222 g/mol.